The third kappa shape index (κ3) is 3.89. The fraction of sp³-hybridized carbons (Fsp3) is 0.286. The predicted molar refractivity (Wildman–Crippen MR) is 115 cm³/mol. The number of anilines is 1. The quantitative estimate of drug-likeness (QED) is 0.584. The highest BCUT2D eigenvalue weighted by molar-refractivity contribution is 6.31. The van der Waals surface area contributed by atoms with Gasteiger partial charge in [-0.25, -0.2) is 19.0 Å². The molecule has 9 nitrogen and oxygen atoms in total. The second-order valence-corrected chi connectivity index (χ2v) is 7.88. The first kappa shape index (κ1) is 21.7. The van der Waals surface area contributed by atoms with Crippen molar-refractivity contribution >= 4 is 40.2 Å². The lowest BCUT2D eigenvalue weighted by atomic mass is 10.1. The Labute approximate surface area is 185 Å². The Kier molecular flexibility index (Phi) is 5.55. The van der Waals surface area contributed by atoms with Crippen molar-refractivity contribution in [1.29, 1.82) is 0 Å². The molecule has 0 aliphatic heterocycles. The van der Waals surface area contributed by atoms with Crippen LogP contribution in [0, 0.1) is 5.82 Å². The molecule has 0 spiro atoms. The highest BCUT2D eigenvalue weighted by atomic mass is 35.5. The normalized spacial score (nSPS) is 13.2. The summed E-state index contributed by atoms with van der Waals surface area (Å²) < 4.78 is 20.0. The molecule has 32 heavy (non-hydrogen) atoms. The van der Waals surface area contributed by atoms with E-state index in [9.17, 15) is 23.6 Å². The summed E-state index contributed by atoms with van der Waals surface area (Å²) in [5, 5.41) is 2.15. The van der Waals surface area contributed by atoms with Crippen molar-refractivity contribution in [2.45, 2.75) is 25.3 Å². The zero-order valence-electron chi connectivity index (χ0n) is 17.1. The Balaban J connectivity index is 1.79. The average molecular weight is 461 g/mol. The number of carbonyl (C=O) groups excluding carboxylic acids is 2. The van der Waals surface area contributed by atoms with Crippen LogP contribution < -0.4 is 16.6 Å². The van der Waals surface area contributed by atoms with Crippen molar-refractivity contribution in [2.75, 3.05) is 12.4 Å². The molecule has 1 fully saturated rings. The van der Waals surface area contributed by atoms with E-state index in [0.29, 0.717) is 10.3 Å². The summed E-state index contributed by atoms with van der Waals surface area (Å²) in [5.74, 6) is -1.95. The van der Waals surface area contributed by atoms with E-state index in [4.69, 9.17) is 16.3 Å². The van der Waals surface area contributed by atoms with E-state index in [0.717, 1.165) is 23.5 Å². The predicted octanol–water partition coefficient (Wildman–Crippen LogP) is 2.19. The van der Waals surface area contributed by atoms with Gasteiger partial charge in [0.05, 0.1) is 23.1 Å². The number of methoxy groups -OCH3 is 1. The van der Waals surface area contributed by atoms with Gasteiger partial charge in [-0.1, -0.05) is 11.6 Å². The summed E-state index contributed by atoms with van der Waals surface area (Å²) in [7, 11) is 2.59. The van der Waals surface area contributed by atoms with Crippen LogP contribution in [0.1, 0.15) is 34.8 Å². The number of carbonyl (C=O) groups is 2. The second kappa shape index (κ2) is 8.19. The summed E-state index contributed by atoms with van der Waals surface area (Å²) in [5.41, 5.74) is -0.781. The first-order valence-electron chi connectivity index (χ1n) is 9.69. The Hall–Kier alpha value is -3.53. The number of amides is 1. The molecule has 0 atom stereocenters. The summed E-state index contributed by atoms with van der Waals surface area (Å²) >= 11 is 5.71. The minimum Gasteiger partial charge on any atom is -0.465 e. The van der Waals surface area contributed by atoms with Crippen LogP contribution in [-0.4, -0.2) is 33.1 Å². The first-order chi connectivity index (χ1) is 15.2. The number of benzene rings is 1. The minimum atomic E-state index is -0.842. The Morgan fingerprint density at radius 2 is 2.00 bits per heavy atom. The molecular weight excluding hydrogens is 443 g/mol. The van der Waals surface area contributed by atoms with Crippen molar-refractivity contribution in [3.8, 4) is 0 Å². The van der Waals surface area contributed by atoms with Crippen molar-refractivity contribution in [2.24, 2.45) is 7.05 Å². The smallest absolute Gasteiger partial charge is 0.338 e. The zero-order valence-corrected chi connectivity index (χ0v) is 17.9. The lowest BCUT2D eigenvalue weighted by Gasteiger charge is -2.14. The van der Waals surface area contributed by atoms with Gasteiger partial charge in [-0.15, -0.1) is 0 Å². The van der Waals surface area contributed by atoms with E-state index >= 15 is 0 Å². The Bertz CT molecular complexity index is 1390. The van der Waals surface area contributed by atoms with E-state index in [1.807, 2.05) is 0 Å². The molecule has 166 valence electrons. The SMILES string of the molecule is COC(=O)c1cc(C2CC2)nc2c1c(=O)n(CC(=O)Nc1ccc(F)c(Cl)c1)c(=O)n2C. The zero-order chi connectivity index (χ0) is 23.2. The van der Waals surface area contributed by atoms with Crippen LogP contribution in [0.4, 0.5) is 10.1 Å². The third-order valence-electron chi connectivity index (χ3n) is 5.22. The molecule has 0 radical (unpaired) electrons. The molecule has 1 amide bonds. The van der Waals surface area contributed by atoms with Crippen LogP contribution in [0.2, 0.25) is 5.02 Å². The van der Waals surface area contributed by atoms with Gasteiger partial charge in [0.25, 0.3) is 5.56 Å². The van der Waals surface area contributed by atoms with E-state index in [1.54, 1.807) is 0 Å². The lowest BCUT2D eigenvalue weighted by molar-refractivity contribution is -0.116. The molecule has 11 heteroatoms. The number of nitrogens with one attached hydrogen (secondary N) is 1. The number of fused-ring (bicyclic) bond motifs is 1. The number of pyridine rings is 1. The second-order valence-electron chi connectivity index (χ2n) is 7.47. The van der Waals surface area contributed by atoms with Gasteiger partial charge in [0.2, 0.25) is 5.91 Å². The Morgan fingerprint density at radius 3 is 2.62 bits per heavy atom. The monoisotopic (exact) mass is 460 g/mol. The third-order valence-corrected chi connectivity index (χ3v) is 5.51. The molecule has 1 aromatic carbocycles. The van der Waals surface area contributed by atoms with Crippen LogP contribution in [0.3, 0.4) is 0 Å². The van der Waals surface area contributed by atoms with Gasteiger partial charge in [0.1, 0.15) is 18.0 Å². The van der Waals surface area contributed by atoms with Crippen LogP contribution in [-0.2, 0) is 23.1 Å². The largest absolute Gasteiger partial charge is 0.465 e. The number of nitrogens with zero attached hydrogens (tertiary/aromatic N) is 3. The fourth-order valence-electron chi connectivity index (χ4n) is 3.41. The highest BCUT2D eigenvalue weighted by Crippen LogP contribution is 2.39. The molecule has 1 aliphatic carbocycles. The van der Waals surface area contributed by atoms with E-state index in [-0.39, 0.29) is 33.2 Å². The first-order valence-corrected chi connectivity index (χ1v) is 10.1. The van der Waals surface area contributed by atoms with E-state index < -0.39 is 35.5 Å². The number of aromatic nitrogens is 3. The maximum atomic E-state index is 13.3. The lowest BCUT2D eigenvalue weighted by Crippen LogP contribution is -2.42. The van der Waals surface area contributed by atoms with Gasteiger partial charge in [0, 0.05) is 24.3 Å². The maximum Gasteiger partial charge on any atom is 0.338 e. The van der Waals surface area contributed by atoms with Gasteiger partial charge >= 0.3 is 11.7 Å². The highest BCUT2D eigenvalue weighted by Gasteiger charge is 2.29. The summed E-state index contributed by atoms with van der Waals surface area (Å²) in [4.78, 5) is 55.4. The molecule has 4 rings (SSSR count). The molecule has 0 saturated heterocycles. The minimum absolute atomic E-state index is 0.0144. The topological polar surface area (TPSA) is 112 Å². The van der Waals surface area contributed by atoms with Crippen LogP contribution >= 0.6 is 11.6 Å². The van der Waals surface area contributed by atoms with Gasteiger partial charge in [-0.2, -0.15) is 0 Å². The number of esters is 1. The van der Waals surface area contributed by atoms with Gasteiger partial charge in [0.15, 0.2) is 0 Å². The number of halogens is 2. The van der Waals surface area contributed by atoms with Gasteiger partial charge in [-0.3, -0.25) is 18.7 Å². The molecule has 0 unspecified atom stereocenters. The fourth-order valence-corrected chi connectivity index (χ4v) is 3.60. The van der Waals surface area contributed by atoms with Gasteiger partial charge in [-0.05, 0) is 37.1 Å². The molecule has 1 aliphatic rings. The molecule has 0 bridgehead atoms. The van der Waals surface area contributed by atoms with Crippen molar-refractivity contribution in [3.63, 3.8) is 0 Å². The average Bonchev–Trinajstić information content (AvgIpc) is 3.61. The number of hydrogen-bond donors (Lipinski definition) is 1. The van der Waals surface area contributed by atoms with Crippen LogP contribution in [0.15, 0.2) is 33.9 Å². The van der Waals surface area contributed by atoms with Crippen molar-refractivity contribution < 1.29 is 18.7 Å². The molecule has 2 aromatic heterocycles. The Morgan fingerprint density at radius 1 is 1.28 bits per heavy atom. The van der Waals surface area contributed by atoms with Crippen LogP contribution in [0.25, 0.3) is 11.0 Å². The number of ether oxygens (including phenoxy) is 1. The van der Waals surface area contributed by atoms with Gasteiger partial charge < -0.3 is 10.1 Å². The molecule has 1 saturated carbocycles. The standard InChI is InChI=1S/C21H18ClFN4O5/c1-26-18-17(12(20(30)32-2)8-15(25-18)10-3-4-10)19(29)27(21(26)31)9-16(28)24-11-5-6-14(23)13(22)7-11/h5-8,10H,3-4,9H2,1-2H3,(H,24,28). The molecule has 3 aromatic rings. The summed E-state index contributed by atoms with van der Waals surface area (Å²) in [6.07, 6.45) is 1.80. The van der Waals surface area contributed by atoms with Crippen LogP contribution in [0.5, 0.6) is 0 Å². The summed E-state index contributed by atoms with van der Waals surface area (Å²) in [6.45, 7) is -0.637. The van der Waals surface area contributed by atoms with E-state index in [2.05, 4.69) is 10.3 Å². The van der Waals surface area contributed by atoms with Crippen molar-refractivity contribution in [3.05, 3.63) is 67.2 Å². The maximum absolute atomic E-state index is 13.3. The molecule has 2 heterocycles. The van der Waals surface area contributed by atoms with E-state index in [1.165, 1.54) is 32.4 Å². The number of hydrogen-bond acceptors (Lipinski definition) is 6. The van der Waals surface area contributed by atoms with Crippen molar-refractivity contribution in [1.82, 2.24) is 14.1 Å². The number of aryl methyl sites for hydroxylation is 1. The molecule has 1 N–H and O–H groups in total. The number of rotatable bonds is 5. The summed E-state index contributed by atoms with van der Waals surface area (Å²) in [6, 6.07) is 5.07. The molecular formula is C21H18ClFN4O5.